The number of carbonyl (C=O) groups is 2. The lowest BCUT2D eigenvalue weighted by molar-refractivity contribution is -0.137. The summed E-state index contributed by atoms with van der Waals surface area (Å²) < 4.78 is 66.8. The Bertz CT molecular complexity index is 4460. The molecule has 2 N–H and O–H groups in total. The summed E-state index contributed by atoms with van der Waals surface area (Å²) in [6.45, 7) is 0.447. The van der Waals surface area contributed by atoms with Crippen LogP contribution in [0.4, 0.5) is 17.6 Å². The minimum absolute atomic E-state index is 0.0202. The van der Waals surface area contributed by atoms with Gasteiger partial charge < -0.3 is 37.9 Å². The Balaban J connectivity index is 0.000000135. The summed E-state index contributed by atoms with van der Waals surface area (Å²) in [5.74, 6) is -0.975. The summed E-state index contributed by atoms with van der Waals surface area (Å²) in [6, 6.07) is 40.5. The number of rotatable bonds is 13. The lowest BCUT2D eigenvalue weighted by Crippen LogP contribution is -2.23. The van der Waals surface area contributed by atoms with E-state index < -0.39 is 0 Å². The van der Waals surface area contributed by atoms with Gasteiger partial charge in [-0.05, 0) is 170 Å². The van der Waals surface area contributed by atoms with Crippen LogP contribution in [0.15, 0.2) is 205 Å². The molecule has 4 aromatic carbocycles. The Kier molecular flexibility index (Phi) is 21.1. The number of esters is 1. The smallest absolute Gasteiger partial charge is 0.319 e. The number of nitrogens with zero attached hydrogens (tertiary/aromatic N) is 11. The Labute approximate surface area is 546 Å². The van der Waals surface area contributed by atoms with Crippen molar-refractivity contribution in [1.29, 1.82) is 0 Å². The van der Waals surface area contributed by atoms with Crippen LogP contribution in [0.1, 0.15) is 6.42 Å². The van der Waals surface area contributed by atoms with E-state index in [1.54, 1.807) is 117 Å². The van der Waals surface area contributed by atoms with E-state index in [2.05, 4.69) is 29.9 Å². The second-order valence-electron chi connectivity index (χ2n) is 20.8. The number of thioether (sulfide) groups is 2. The number of hydrogen-bond donors (Lipinski definition) is 2. The molecule has 0 bridgehead atoms. The molecule has 0 spiro atoms. The molecule has 1 unspecified atom stereocenters. The minimum Gasteiger partial charge on any atom is -0.465 e. The molecule has 1 aliphatic heterocycles. The first-order chi connectivity index (χ1) is 44.4. The number of carbonyl (C=O) groups excluding carboxylic acids is 2. The highest BCUT2D eigenvalue weighted by atomic mass is 32.2. The van der Waals surface area contributed by atoms with Gasteiger partial charge in [0.2, 0.25) is 5.91 Å². The van der Waals surface area contributed by atoms with Crippen molar-refractivity contribution in [2.45, 2.75) is 22.0 Å². The molecule has 1 fully saturated rings. The number of halogens is 4. The monoisotopic (exact) mass is 1310 g/mol. The number of hydrogen-bond acceptors (Lipinski definition) is 13. The number of ether oxygens (including phenoxy) is 1. The fourth-order valence-electron chi connectivity index (χ4n) is 9.84. The first-order valence-corrected chi connectivity index (χ1v) is 31.1. The zero-order valence-corrected chi connectivity index (χ0v) is 53.7. The summed E-state index contributed by atoms with van der Waals surface area (Å²) in [5.41, 5.74) is 14.3. The molecule has 8 aromatic heterocycles. The van der Waals surface area contributed by atoms with Gasteiger partial charge in [0.25, 0.3) is 0 Å². The molecule has 13 rings (SSSR count). The van der Waals surface area contributed by atoms with Gasteiger partial charge in [0.1, 0.15) is 28.5 Å². The summed E-state index contributed by atoms with van der Waals surface area (Å²) in [6.07, 6.45) is 14.5. The highest BCUT2D eigenvalue weighted by Crippen LogP contribution is 2.39. The van der Waals surface area contributed by atoms with Gasteiger partial charge in [-0.2, -0.15) is 0 Å². The number of aromatic amines is 2. The Morgan fingerprint density at radius 1 is 0.489 bits per heavy atom. The van der Waals surface area contributed by atoms with Crippen LogP contribution in [0.3, 0.4) is 0 Å². The van der Waals surface area contributed by atoms with E-state index in [0.717, 1.165) is 100 Å². The van der Waals surface area contributed by atoms with Crippen LogP contribution in [0.2, 0.25) is 0 Å². The van der Waals surface area contributed by atoms with Crippen molar-refractivity contribution in [3.63, 3.8) is 0 Å². The standard InChI is InChI=1S/C19H19FN4OS.C19H16FN3O2S.2C15H12FN3S/c1-23(2)16(25)12-26-19-22-17(13-4-6-15(20)7-5-13)18(24(19)3)14-8-10-21-11-9-14;1-23-17(13-6-9-21-10-7-13)16(12-2-4-14(20)5-3-12)22-19(23)26-15-8-11-25-18(15)24;2*1-19-14(11-6-8-17-9-7-11)13(18-15(19)20)10-2-4-12(16)5-3-10/h4-11H,12H2,1-3H3;2-7,9-10,15H,8,11H2,1H3;2*2-9H,1H3,(H,18,20). The molecule has 0 radical (unpaired) electrons. The van der Waals surface area contributed by atoms with Crippen LogP contribution in [-0.2, 0) is 42.5 Å². The maximum atomic E-state index is 13.3. The lowest BCUT2D eigenvalue weighted by atomic mass is 10.1. The second-order valence-corrected chi connectivity index (χ2v) is 23.7. The predicted octanol–water partition coefficient (Wildman–Crippen LogP) is 15.1. The van der Waals surface area contributed by atoms with E-state index in [0.29, 0.717) is 28.3 Å². The van der Waals surface area contributed by atoms with Crippen molar-refractivity contribution >= 4 is 59.8 Å². The Hall–Kier alpha value is -9.88. The first-order valence-electron chi connectivity index (χ1n) is 28.5. The van der Waals surface area contributed by atoms with Gasteiger partial charge in [0.15, 0.2) is 19.9 Å². The molecule has 0 saturated carbocycles. The number of nitrogens with one attached hydrogen (secondary N) is 2. The van der Waals surface area contributed by atoms with Crippen molar-refractivity contribution in [3.8, 4) is 90.1 Å². The maximum absolute atomic E-state index is 13.3. The quantitative estimate of drug-likeness (QED) is 0.0483. The molecule has 1 amide bonds. The van der Waals surface area contributed by atoms with E-state index in [-0.39, 0.29) is 40.4 Å². The van der Waals surface area contributed by atoms with Gasteiger partial charge in [0, 0.05) is 143 Å². The van der Waals surface area contributed by atoms with Crippen LogP contribution < -0.4 is 0 Å². The molecule has 1 atom stereocenters. The van der Waals surface area contributed by atoms with Crippen molar-refractivity contribution in [2.75, 3.05) is 26.5 Å². The highest BCUT2D eigenvalue weighted by Gasteiger charge is 2.31. The van der Waals surface area contributed by atoms with Crippen LogP contribution in [0, 0.1) is 32.8 Å². The largest absolute Gasteiger partial charge is 0.465 e. The number of H-pyrrole nitrogens is 2. The van der Waals surface area contributed by atoms with E-state index >= 15 is 0 Å². The molecule has 16 nitrogen and oxygen atoms in total. The maximum Gasteiger partial charge on any atom is 0.319 e. The number of imidazole rings is 4. The number of amides is 1. The van der Waals surface area contributed by atoms with Gasteiger partial charge >= 0.3 is 5.97 Å². The highest BCUT2D eigenvalue weighted by molar-refractivity contribution is 8.00. The van der Waals surface area contributed by atoms with Gasteiger partial charge in [-0.3, -0.25) is 29.5 Å². The third kappa shape index (κ3) is 15.3. The molecule has 1 saturated heterocycles. The number of benzene rings is 4. The normalized spacial score (nSPS) is 12.4. The van der Waals surface area contributed by atoms with Crippen molar-refractivity contribution in [2.24, 2.45) is 28.2 Å². The van der Waals surface area contributed by atoms with Crippen LogP contribution >= 0.6 is 48.0 Å². The summed E-state index contributed by atoms with van der Waals surface area (Å²) in [5, 5.41) is 1.20. The SMILES string of the molecule is CN(C)C(=O)CSc1nc(-c2ccc(F)cc2)c(-c2ccncc2)n1C.Cn1c(-c2ccncc2)c(-c2ccc(F)cc2)[nH]c1=S.Cn1c(-c2ccncc2)c(-c2ccc(F)cc2)[nH]c1=S.Cn1c(SC2CCOC2=O)nc(-c2ccc(F)cc2)c1-c1ccncc1. The molecule has 466 valence electrons. The Morgan fingerprint density at radius 2 is 0.815 bits per heavy atom. The molecule has 24 heteroatoms. The van der Waals surface area contributed by atoms with Gasteiger partial charge in [-0.15, -0.1) is 0 Å². The zero-order chi connectivity index (χ0) is 65.0. The number of pyridine rings is 4. The number of aromatic nitrogens is 12. The minimum atomic E-state index is -0.293. The van der Waals surface area contributed by atoms with E-state index in [1.165, 1.54) is 72.1 Å². The van der Waals surface area contributed by atoms with E-state index in [4.69, 9.17) is 39.1 Å². The molecular weight excluding hydrogens is 1250 g/mol. The summed E-state index contributed by atoms with van der Waals surface area (Å²) in [7, 11) is 11.1. The van der Waals surface area contributed by atoms with Gasteiger partial charge in [-0.1, -0.05) is 23.5 Å². The van der Waals surface area contributed by atoms with E-state index in [9.17, 15) is 27.2 Å². The molecular formula is C68H59F4N13O3S4. The topological polar surface area (TPSA) is 175 Å². The molecule has 0 aliphatic carbocycles. The van der Waals surface area contributed by atoms with Gasteiger partial charge in [0.05, 0.1) is 57.9 Å². The predicted molar refractivity (Wildman–Crippen MR) is 357 cm³/mol. The van der Waals surface area contributed by atoms with Crippen molar-refractivity contribution in [1.82, 2.24) is 63.0 Å². The lowest BCUT2D eigenvalue weighted by Gasteiger charge is -2.10. The number of cyclic esters (lactones) is 1. The summed E-state index contributed by atoms with van der Waals surface area (Å²) in [4.78, 5) is 57.3. The summed E-state index contributed by atoms with van der Waals surface area (Å²) >= 11 is 13.4. The fraction of sp³-hybridized carbons (Fsp3) is 0.147. The Morgan fingerprint density at radius 3 is 1.15 bits per heavy atom. The zero-order valence-electron chi connectivity index (χ0n) is 50.5. The van der Waals surface area contributed by atoms with Crippen molar-refractivity contribution in [3.05, 3.63) is 228 Å². The van der Waals surface area contributed by atoms with Crippen LogP contribution in [-0.4, -0.2) is 107 Å². The molecule has 9 heterocycles. The molecule has 1 aliphatic rings. The third-order valence-electron chi connectivity index (χ3n) is 14.6. The average Bonchev–Trinajstić information content (AvgIpc) is 1.86. The molecule has 12 aromatic rings. The van der Waals surface area contributed by atoms with E-state index in [1.807, 2.05) is 95.0 Å². The molecule has 92 heavy (non-hydrogen) atoms. The van der Waals surface area contributed by atoms with Crippen molar-refractivity contribution < 1.29 is 31.9 Å². The van der Waals surface area contributed by atoms with Crippen LogP contribution in [0.5, 0.6) is 0 Å². The van der Waals surface area contributed by atoms with Gasteiger partial charge in [-0.25, -0.2) is 27.5 Å². The average molecular weight is 1310 g/mol. The second kappa shape index (κ2) is 29.8. The fourth-order valence-corrected chi connectivity index (χ4v) is 12.2. The third-order valence-corrected chi connectivity index (χ3v) is 17.7. The van der Waals surface area contributed by atoms with Crippen LogP contribution in [0.25, 0.3) is 90.1 Å². The first kappa shape index (κ1) is 65.1.